The Morgan fingerprint density at radius 3 is 2.60 bits per heavy atom. The Balaban J connectivity index is 2.50. The highest BCUT2D eigenvalue weighted by Crippen LogP contribution is 2.31. The van der Waals surface area contributed by atoms with Crippen LogP contribution in [0.2, 0.25) is 0 Å². The van der Waals surface area contributed by atoms with Gasteiger partial charge in [0.05, 0.1) is 0 Å². The fourth-order valence-corrected chi connectivity index (χ4v) is 2.54. The minimum Gasteiger partial charge on any atom is -0.346 e. The number of nitrogens with zero attached hydrogens (tertiary/aromatic N) is 2. The van der Waals surface area contributed by atoms with E-state index in [0.717, 1.165) is 14.8 Å². The first kappa shape index (κ1) is 15.1. The van der Waals surface area contributed by atoms with Gasteiger partial charge in [-0.1, -0.05) is 28.1 Å². The normalized spacial score (nSPS) is 11.8. The van der Waals surface area contributed by atoms with Crippen LogP contribution in [0.1, 0.15) is 0 Å². The van der Waals surface area contributed by atoms with Gasteiger partial charge in [0.2, 0.25) is 0 Å². The van der Waals surface area contributed by atoms with E-state index < -0.39 is 12.7 Å². The van der Waals surface area contributed by atoms with E-state index in [-0.39, 0.29) is 13.1 Å². The van der Waals surface area contributed by atoms with Crippen LogP contribution in [0.15, 0.2) is 34.9 Å². The number of nitrogens with two attached hydrogens (primary N) is 1. The smallest absolute Gasteiger partial charge is 0.346 e. The molecule has 20 heavy (non-hydrogen) atoms. The number of anilines is 1. The predicted molar refractivity (Wildman–Crippen MR) is 76.8 cm³/mol. The number of hydrogen-bond acceptors (Lipinski definition) is 3. The Labute approximate surface area is 122 Å². The van der Waals surface area contributed by atoms with Crippen molar-refractivity contribution in [1.29, 1.82) is 0 Å². The van der Waals surface area contributed by atoms with E-state index in [1.54, 1.807) is 18.2 Å². The van der Waals surface area contributed by atoms with Gasteiger partial charge in [0.25, 0.3) is 0 Å². The molecule has 0 aliphatic heterocycles. The van der Waals surface area contributed by atoms with Crippen molar-refractivity contribution in [3.8, 4) is 0 Å². The second kappa shape index (κ2) is 5.97. The highest BCUT2D eigenvalue weighted by atomic mass is 79.9. The number of halogens is 4. The molecule has 0 amide bonds. The molecular weight excluding hydrogens is 335 g/mol. The van der Waals surface area contributed by atoms with Gasteiger partial charge in [-0.25, -0.2) is 4.98 Å². The average molecular weight is 348 g/mol. The molecule has 0 fully saturated rings. The van der Waals surface area contributed by atoms with Crippen molar-refractivity contribution in [1.82, 2.24) is 4.98 Å². The van der Waals surface area contributed by atoms with Crippen LogP contribution in [0.5, 0.6) is 0 Å². The molecule has 3 nitrogen and oxygen atoms in total. The van der Waals surface area contributed by atoms with Crippen molar-refractivity contribution in [3.63, 3.8) is 0 Å². The molecule has 7 heteroatoms. The van der Waals surface area contributed by atoms with Gasteiger partial charge in [0.1, 0.15) is 12.4 Å². The summed E-state index contributed by atoms with van der Waals surface area (Å²) in [6.45, 7) is -0.844. The number of rotatable bonds is 4. The third-order valence-electron chi connectivity index (χ3n) is 2.80. The molecule has 108 valence electrons. The third-order valence-corrected chi connectivity index (χ3v) is 3.49. The minimum absolute atomic E-state index is 0.0954. The Morgan fingerprint density at radius 2 is 1.95 bits per heavy atom. The van der Waals surface area contributed by atoms with E-state index in [9.17, 15) is 13.2 Å². The standard InChI is InChI=1S/C13H13BrF3N3/c14-11-3-1-2-10-9(11)4-6-19-12(10)20(7-5-18)8-13(15,16)17/h1-4,6H,5,7-8,18H2. The summed E-state index contributed by atoms with van der Waals surface area (Å²) in [4.78, 5) is 5.26. The number of aromatic nitrogens is 1. The zero-order chi connectivity index (χ0) is 14.8. The molecule has 1 aromatic heterocycles. The first-order chi connectivity index (χ1) is 9.42. The summed E-state index contributed by atoms with van der Waals surface area (Å²) >= 11 is 3.39. The number of alkyl halides is 3. The van der Waals surface area contributed by atoms with Crippen LogP contribution in [0.3, 0.4) is 0 Å². The van der Waals surface area contributed by atoms with Crippen molar-refractivity contribution in [2.75, 3.05) is 24.5 Å². The van der Waals surface area contributed by atoms with Crippen LogP contribution in [0.4, 0.5) is 19.0 Å². The molecule has 0 aliphatic carbocycles. The average Bonchev–Trinajstić information content (AvgIpc) is 2.37. The molecule has 0 unspecified atom stereocenters. The molecule has 0 saturated carbocycles. The van der Waals surface area contributed by atoms with E-state index in [1.807, 2.05) is 6.07 Å². The zero-order valence-electron chi connectivity index (χ0n) is 10.5. The lowest BCUT2D eigenvalue weighted by molar-refractivity contribution is -0.119. The number of fused-ring (bicyclic) bond motifs is 1. The van der Waals surface area contributed by atoms with Gasteiger partial charge in [-0.05, 0) is 12.1 Å². The molecule has 2 rings (SSSR count). The van der Waals surface area contributed by atoms with Crippen LogP contribution in [0, 0.1) is 0 Å². The van der Waals surface area contributed by atoms with E-state index in [1.165, 1.54) is 6.20 Å². The predicted octanol–water partition coefficient (Wildman–Crippen LogP) is 3.32. The highest BCUT2D eigenvalue weighted by molar-refractivity contribution is 9.10. The Morgan fingerprint density at radius 1 is 1.20 bits per heavy atom. The summed E-state index contributed by atoms with van der Waals surface area (Å²) in [5, 5.41) is 1.49. The summed E-state index contributed by atoms with van der Waals surface area (Å²) in [6.07, 6.45) is -2.80. The molecular formula is C13H13BrF3N3. The van der Waals surface area contributed by atoms with Gasteiger partial charge in [-0.15, -0.1) is 0 Å². The van der Waals surface area contributed by atoms with Gasteiger partial charge in [-0.2, -0.15) is 13.2 Å². The molecule has 2 aromatic rings. The molecule has 0 radical (unpaired) electrons. The lowest BCUT2D eigenvalue weighted by Gasteiger charge is -2.25. The van der Waals surface area contributed by atoms with Gasteiger partial charge in [0.15, 0.2) is 0 Å². The molecule has 0 aliphatic rings. The molecule has 1 aromatic carbocycles. The molecule has 2 N–H and O–H groups in total. The van der Waals surface area contributed by atoms with Crippen molar-refractivity contribution >= 4 is 32.5 Å². The molecule has 1 heterocycles. The van der Waals surface area contributed by atoms with Crippen molar-refractivity contribution in [2.45, 2.75) is 6.18 Å². The third kappa shape index (κ3) is 3.40. The largest absolute Gasteiger partial charge is 0.405 e. The minimum atomic E-state index is -4.30. The van der Waals surface area contributed by atoms with E-state index >= 15 is 0 Å². The fraction of sp³-hybridized carbons (Fsp3) is 0.308. The summed E-state index contributed by atoms with van der Waals surface area (Å²) in [6, 6.07) is 7.12. The first-order valence-electron chi connectivity index (χ1n) is 5.97. The van der Waals surface area contributed by atoms with Crippen molar-refractivity contribution in [3.05, 3.63) is 34.9 Å². The van der Waals surface area contributed by atoms with Crippen LogP contribution < -0.4 is 10.6 Å². The van der Waals surface area contributed by atoms with Gasteiger partial charge in [-0.3, -0.25) is 0 Å². The maximum absolute atomic E-state index is 12.7. The summed E-state index contributed by atoms with van der Waals surface area (Å²) in [5.74, 6) is 0.298. The fourth-order valence-electron chi connectivity index (χ4n) is 2.04. The summed E-state index contributed by atoms with van der Waals surface area (Å²) in [5.41, 5.74) is 5.41. The molecule has 0 atom stereocenters. The summed E-state index contributed by atoms with van der Waals surface area (Å²) < 4.78 is 38.8. The van der Waals surface area contributed by atoms with Crippen LogP contribution in [-0.4, -0.2) is 30.8 Å². The topological polar surface area (TPSA) is 42.1 Å². The Hall–Kier alpha value is -1.34. The number of hydrogen-bond donors (Lipinski definition) is 1. The van der Waals surface area contributed by atoms with Crippen LogP contribution in [0.25, 0.3) is 10.8 Å². The maximum atomic E-state index is 12.7. The van der Waals surface area contributed by atoms with E-state index in [0.29, 0.717) is 11.2 Å². The van der Waals surface area contributed by atoms with Gasteiger partial charge < -0.3 is 10.6 Å². The number of pyridine rings is 1. The molecule has 0 saturated heterocycles. The van der Waals surface area contributed by atoms with E-state index in [2.05, 4.69) is 20.9 Å². The van der Waals surface area contributed by atoms with Crippen molar-refractivity contribution in [2.24, 2.45) is 5.73 Å². The first-order valence-corrected chi connectivity index (χ1v) is 6.76. The molecule has 0 spiro atoms. The number of benzene rings is 1. The van der Waals surface area contributed by atoms with E-state index in [4.69, 9.17) is 5.73 Å². The van der Waals surface area contributed by atoms with Crippen LogP contribution in [-0.2, 0) is 0 Å². The molecule has 0 bridgehead atoms. The Bertz CT molecular complexity index is 601. The van der Waals surface area contributed by atoms with Gasteiger partial charge in [0, 0.05) is 34.5 Å². The second-order valence-corrected chi connectivity index (χ2v) is 5.15. The lowest BCUT2D eigenvalue weighted by atomic mass is 10.1. The SMILES string of the molecule is NCCN(CC(F)(F)F)c1nccc2c(Br)cccc12. The highest BCUT2D eigenvalue weighted by Gasteiger charge is 2.31. The van der Waals surface area contributed by atoms with Gasteiger partial charge >= 0.3 is 6.18 Å². The second-order valence-electron chi connectivity index (χ2n) is 4.29. The maximum Gasteiger partial charge on any atom is 0.405 e. The van der Waals surface area contributed by atoms with Crippen LogP contribution >= 0.6 is 15.9 Å². The Kier molecular flexibility index (Phi) is 4.49. The summed E-state index contributed by atoms with van der Waals surface area (Å²) in [7, 11) is 0. The monoisotopic (exact) mass is 347 g/mol. The van der Waals surface area contributed by atoms with Crippen molar-refractivity contribution < 1.29 is 13.2 Å². The zero-order valence-corrected chi connectivity index (χ0v) is 12.1. The lowest BCUT2D eigenvalue weighted by Crippen LogP contribution is -2.38. The quantitative estimate of drug-likeness (QED) is 0.922.